The Balaban J connectivity index is 2.96. The van der Waals surface area contributed by atoms with Gasteiger partial charge in [-0.15, -0.1) is 0 Å². The summed E-state index contributed by atoms with van der Waals surface area (Å²) in [6.45, 7) is 4.94. The van der Waals surface area contributed by atoms with E-state index in [-0.39, 0.29) is 35.8 Å². The van der Waals surface area contributed by atoms with E-state index in [4.69, 9.17) is 4.74 Å². The number of quaternary nitrogens is 1. The number of amides is 2. The van der Waals surface area contributed by atoms with Crippen molar-refractivity contribution >= 4 is 29.4 Å². The molecule has 27 heavy (non-hydrogen) atoms. The number of methoxy groups -OCH3 is 2. The van der Waals surface area contributed by atoms with Crippen LogP contribution < -0.4 is 15.5 Å². The maximum absolute atomic E-state index is 12.4. The lowest BCUT2D eigenvalue weighted by molar-refractivity contribution is -0.881. The van der Waals surface area contributed by atoms with E-state index in [0.717, 1.165) is 4.90 Å². The third kappa shape index (κ3) is 6.70. The Bertz CT molecular complexity index is 704. The number of hydrogen-bond acceptors (Lipinski definition) is 6. The van der Waals surface area contributed by atoms with Gasteiger partial charge < -0.3 is 25.0 Å². The summed E-state index contributed by atoms with van der Waals surface area (Å²) in [5, 5.41) is 5.30. The van der Waals surface area contributed by atoms with Crippen molar-refractivity contribution in [1.29, 1.82) is 0 Å². The second-order valence-corrected chi connectivity index (χ2v) is 5.70. The summed E-state index contributed by atoms with van der Waals surface area (Å²) in [5.41, 5.74) is 0.436. The fraction of sp³-hybridized carbons (Fsp3) is 0.444. The third-order valence-electron chi connectivity index (χ3n) is 3.82. The van der Waals surface area contributed by atoms with Gasteiger partial charge in [-0.3, -0.25) is 9.59 Å². The lowest BCUT2D eigenvalue weighted by Gasteiger charge is -2.17. The minimum absolute atomic E-state index is 0.0245. The summed E-state index contributed by atoms with van der Waals surface area (Å²) in [6.07, 6.45) is 0. The molecule has 0 radical (unpaired) electrons. The minimum Gasteiger partial charge on any atom is -0.465 e. The van der Waals surface area contributed by atoms with Gasteiger partial charge in [-0.1, -0.05) is 0 Å². The zero-order valence-electron chi connectivity index (χ0n) is 16.0. The zero-order chi connectivity index (χ0) is 20.4. The molecule has 0 saturated heterocycles. The van der Waals surface area contributed by atoms with E-state index in [1.165, 1.54) is 32.4 Å². The van der Waals surface area contributed by atoms with E-state index in [1.54, 1.807) is 0 Å². The second kappa shape index (κ2) is 10.9. The average molecular weight is 380 g/mol. The molecule has 0 aromatic heterocycles. The van der Waals surface area contributed by atoms with E-state index in [0.29, 0.717) is 13.1 Å². The molecule has 3 N–H and O–H groups in total. The largest absolute Gasteiger partial charge is 0.465 e. The lowest BCUT2D eigenvalue weighted by atomic mass is 10.1. The summed E-state index contributed by atoms with van der Waals surface area (Å²) < 4.78 is 9.36. The molecule has 0 spiro atoms. The van der Waals surface area contributed by atoms with Gasteiger partial charge in [0.05, 0.1) is 37.6 Å². The summed E-state index contributed by atoms with van der Waals surface area (Å²) in [6, 6.07) is 4.14. The van der Waals surface area contributed by atoms with Crippen LogP contribution >= 0.6 is 0 Å². The van der Waals surface area contributed by atoms with E-state index < -0.39 is 17.8 Å². The number of carbonyl (C=O) groups excluding carboxylic acids is 4. The highest BCUT2D eigenvalue weighted by atomic mass is 16.5. The topological polar surface area (TPSA) is 115 Å². The first kappa shape index (κ1) is 22.1. The van der Waals surface area contributed by atoms with Crippen LogP contribution in [0.5, 0.6) is 0 Å². The van der Waals surface area contributed by atoms with E-state index in [9.17, 15) is 19.2 Å². The second-order valence-electron chi connectivity index (χ2n) is 5.70. The molecule has 148 valence electrons. The molecule has 1 aromatic carbocycles. The molecule has 2 amide bonds. The Morgan fingerprint density at radius 1 is 0.963 bits per heavy atom. The zero-order valence-corrected chi connectivity index (χ0v) is 16.0. The number of esters is 2. The molecule has 0 aliphatic heterocycles. The van der Waals surface area contributed by atoms with Gasteiger partial charge in [0.15, 0.2) is 13.1 Å². The van der Waals surface area contributed by atoms with Crippen LogP contribution in [0.3, 0.4) is 0 Å². The van der Waals surface area contributed by atoms with Crippen molar-refractivity contribution in [2.24, 2.45) is 0 Å². The van der Waals surface area contributed by atoms with Crippen molar-refractivity contribution in [2.45, 2.75) is 13.8 Å². The first-order chi connectivity index (χ1) is 12.9. The highest BCUT2D eigenvalue weighted by Crippen LogP contribution is 2.19. The maximum Gasteiger partial charge on any atom is 0.339 e. The van der Waals surface area contributed by atoms with Gasteiger partial charge in [-0.2, -0.15) is 0 Å². The first-order valence-corrected chi connectivity index (χ1v) is 8.56. The molecule has 0 aliphatic carbocycles. The van der Waals surface area contributed by atoms with Crippen LogP contribution in [0.25, 0.3) is 0 Å². The Labute approximate surface area is 158 Å². The number of hydrogen-bond donors (Lipinski definition) is 3. The normalized spacial score (nSPS) is 11.3. The molecule has 1 atom stereocenters. The lowest BCUT2D eigenvalue weighted by Crippen LogP contribution is -3.14. The smallest absolute Gasteiger partial charge is 0.339 e. The summed E-state index contributed by atoms with van der Waals surface area (Å²) >= 11 is 0. The van der Waals surface area contributed by atoms with Crippen molar-refractivity contribution in [1.82, 2.24) is 5.32 Å². The van der Waals surface area contributed by atoms with Crippen molar-refractivity contribution in [3.8, 4) is 0 Å². The standard InChI is InChI=1S/C18H25N3O6/c1-5-19-15(22)10-21(6-2)11-16(23)20-14-9-12(17(24)26-3)7-8-13(14)18(25)27-4/h7-9H,5-6,10-11H2,1-4H3,(H,19,22)(H,20,23)/p+1. The Kier molecular flexibility index (Phi) is 8.94. The first-order valence-electron chi connectivity index (χ1n) is 8.56. The van der Waals surface area contributed by atoms with Crippen LogP contribution in [-0.2, 0) is 19.1 Å². The van der Waals surface area contributed by atoms with E-state index >= 15 is 0 Å². The van der Waals surface area contributed by atoms with Gasteiger partial charge >= 0.3 is 11.9 Å². The van der Waals surface area contributed by atoms with Crippen LogP contribution in [0.15, 0.2) is 18.2 Å². The maximum atomic E-state index is 12.4. The molecular formula is C18H26N3O6+. The number of carbonyl (C=O) groups is 4. The van der Waals surface area contributed by atoms with E-state index in [2.05, 4.69) is 15.4 Å². The van der Waals surface area contributed by atoms with Crippen LogP contribution in [-0.4, -0.2) is 64.2 Å². The predicted molar refractivity (Wildman–Crippen MR) is 97.7 cm³/mol. The summed E-state index contributed by atoms with van der Waals surface area (Å²) in [7, 11) is 2.45. The van der Waals surface area contributed by atoms with Crippen LogP contribution in [0.4, 0.5) is 5.69 Å². The van der Waals surface area contributed by atoms with Crippen molar-refractivity contribution < 1.29 is 33.6 Å². The van der Waals surface area contributed by atoms with Crippen molar-refractivity contribution in [2.75, 3.05) is 45.7 Å². The number of ether oxygens (including phenoxy) is 2. The fourth-order valence-corrected chi connectivity index (χ4v) is 2.40. The summed E-state index contributed by atoms with van der Waals surface area (Å²) in [5.74, 6) is -1.80. The van der Waals surface area contributed by atoms with Gasteiger partial charge in [-0.05, 0) is 32.0 Å². The number of nitrogens with one attached hydrogen (secondary N) is 3. The highest BCUT2D eigenvalue weighted by Gasteiger charge is 2.20. The average Bonchev–Trinajstić information content (AvgIpc) is 2.66. The molecule has 0 aliphatic rings. The van der Waals surface area contributed by atoms with Crippen LogP contribution in [0.1, 0.15) is 34.6 Å². The quantitative estimate of drug-likeness (QED) is 0.485. The fourth-order valence-electron chi connectivity index (χ4n) is 2.40. The van der Waals surface area contributed by atoms with Crippen LogP contribution in [0.2, 0.25) is 0 Å². The summed E-state index contributed by atoms with van der Waals surface area (Å²) in [4.78, 5) is 48.5. The molecule has 9 nitrogen and oxygen atoms in total. The van der Waals surface area contributed by atoms with Gasteiger partial charge in [0.2, 0.25) is 0 Å². The Morgan fingerprint density at radius 3 is 2.15 bits per heavy atom. The molecular weight excluding hydrogens is 354 g/mol. The molecule has 1 unspecified atom stereocenters. The van der Waals surface area contributed by atoms with Gasteiger partial charge in [0, 0.05) is 6.54 Å². The third-order valence-corrected chi connectivity index (χ3v) is 3.82. The van der Waals surface area contributed by atoms with E-state index in [1.807, 2.05) is 13.8 Å². The van der Waals surface area contributed by atoms with Crippen molar-refractivity contribution in [3.63, 3.8) is 0 Å². The van der Waals surface area contributed by atoms with Crippen LogP contribution in [0, 0.1) is 0 Å². The highest BCUT2D eigenvalue weighted by molar-refractivity contribution is 6.03. The molecule has 0 saturated carbocycles. The molecule has 9 heteroatoms. The number of anilines is 1. The molecule has 1 rings (SSSR count). The molecule has 1 aromatic rings. The van der Waals surface area contributed by atoms with Gasteiger partial charge in [-0.25, -0.2) is 9.59 Å². The molecule has 0 fully saturated rings. The Morgan fingerprint density at radius 2 is 1.59 bits per heavy atom. The van der Waals surface area contributed by atoms with Gasteiger partial charge in [0.25, 0.3) is 11.8 Å². The van der Waals surface area contributed by atoms with Gasteiger partial charge in [0.1, 0.15) is 0 Å². The predicted octanol–water partition coefficient (Wildman–Crippen LogP) is -0.761. The molecule has 0 heterocycles. The minimum atomic E-state index is -0.649. The number of benzene rings is 1. The van der Waals surface area contributed by atoms with Crippen molar-refractivity contribution in [3.05, 3.63) is 29.3 Å². The number of rotatable bonds is 9. The number of likely N-dealkylation sites (N-methyl/N-ethyl adjacent to an activating group) is 2. The Hall–Kier alpha value is -2.94. The SMILES string of the molecule is CCNC(=O)C[NH+](CC)CC(=O)Nc1cc(C(=O)OC)ccc1C(=O)OC. The monoisotopic (exact) mass is 380 g/mol. The molecule has 0 bridgehead atoms.